The smallest absolute Gasteiger partial charge is 0.253 e. The summed E-state index contributed by atoms with van der Waals surface area (Å²) >= 11 is 0. The molecule has 3 nitrogen and oxygen atoms in total. The van der Waals surface area contributed by atoms with Gasteiger partial charge in [0.25, 0.3) is 5.91 Å². The Morgan fingerprint density at radius 3 is 2.84 bits per heavy atom. The van der Waals surface area contributed by atoms with Gasteiger partial charge in [-0.2, -0.15) is 0 Å². The van der Waals surface area contributed by atoms with Crippen LogP contribution in [0.25, 0.3) is 0 Å². The van der Waals surface area contributed by atoms with Crippen molar-refractivity contribution in [2.24, 2.45) is 0 Å². The number of carbonyl (C=O) groups is 1. The number of hydrogen-bond acceptors (Lipinski definition) is 2. The van der Waals surface area contributed by atoms with Crippen molar-refractivity contribution in [1.29, 1.82) is 0 Å². The summed E-state index contributed by atoms with van der Waals surface area (Å²) in [6, 6.07) is 6.15. The Morgan fingerprint density at radius 1 is 1.11 bits per heavy atom. The van der Waals surface area contributed by atoms with E-state index >= 15 is 0 Å². The van der Waals surface area contributed by atoms with E-state index in [9.17, 15) is 9.90 Å². The Balaban J connectivity index is 1.76. The number of carbonyl (C=O) groups excluding carboxylic acids is 1. The van der Waals surface area contributed by atoms with Crippen molar-refractivity contribution in [2.45, 2.75) is 44.6 Å². The molecule has 1 N–H and O–H groups in total. The molecule has 0 saturated carbocycles. The molecule has 0 aromatic heterocycles. The number of aryl methyl sites for hydroxylation is 2. The van der Waals surface area contributed by atoms with Crippen LogP contribution in [0.3, 0.4) is 0 Å². The Hall–Kier alpha value is -1.35. The van der Waals surface area contributed by atoms with Gasteiger partial charge >= 0.3 is 0 Å². The highest BCUT2D eigenvalue weighted by molar-refractivity contribution is 5.94. The lowest BCUT2D eigenvalue weighted by molar-refractivity contribution is 0.0753. The number of aliphatic hydroxyl groups excluding tert-OH is 1. The Kier molecular flexibility index (Phi) is 3.56. The lowest BCUT2D eigenvalue weighted by Crippen LogP contribution is -2.32. The van der Waals surface area contributed by atoms with Crippen molar-refractivity contribution in [3.05, 3.63) is 34.9 Å². The number of amides is 1. The van der Waals surface area contributed by atoms with E-state index in [1.807, 2.05) is 11.0 Å². The van der Waals surface area contributed by atoms with Crippen LogP contribution in [0.4, 0.5) is 0 Å². The summed E-state index contributed by atoms with van der Waals surface area (Å²) in [6.07, 6.45) is 5.65. The van der Waals surface area contributed by atoms with Crippen molar-refractivity contribution < 1.29 is 9.90 Å². The van der Waals surface area contributed by atoms with E-state index in [2.05, 4.69) is 12.1 Å². The lowest BCUT2D eigenvalue weighted by Gasteiger charge is -2.20. The van der Waals surface area contributed by atoms with Gasteiger partial charge in [0.2, 0.25) is 0 Å². The largest absolute Gasteiger partial charge is 0.393 e. The SMILES string of the molecule is O=C(c1ccc2c(c1)CCC2)N1CCC[C@@H](O)CC1. The molecule has 1 saturated heterocycles. The summed E-state index contributed by atoms with van der Waals surface area (Å²) in [7, 11) is 0. The third-order valence-electron chi connectivity index (χ3n) is 4.33. The molecule has 0 spiro atoms. The summed E-state index contributed by atoms with van der Waals surface area (Å²) in [5.41, 5.74) is 3.57. The van der Waals surface area contributed by atoms with Crippen LogP contribution in [0.2, 0.25) is 0 Å². The van der Waals surface area contributed by atoms with Gasteiger partial charge < -0.3 is 10.0 Å². The molecule has 1 fully saturated rings. The van der Waals surface area contributed by atoms with E-state index in [1.165, 1.54) is 17.5 Å². The number of aliphatic hydroxyl groups is 1. The van der Waals surface area contributed by atoms with Crippen LogP contribution in [0.1, 0.15) is 47.2 Å². The lowest BCUT2D eigenvalue weighted by atomic mass is 10.1. The van der Waals surface area contributed by atoms with Crippen molar-refractivity contribution in [3.63, 3.8) is 0 Å². The first-order valence-corrected chi connectivity index (χ1v) is 7.33. The molecule has 102 valence electrons. The second-order valence-corrected chi connectivity index (χ2v) is 5.71. The van der Waals surface area contributed by atoms with Gasteiger partial charge in [-0.15, -0.1) is 0 Å². The van der Waals surface area contributed by atoms with Crippen molar-refractivity contribution >= 4 is 5.91 Å². The van der Waals surface area contributed by atoms with Crippen LogP contribution in [-0.4, -0.2) is 35.1 Å². The van der Waals surface area contributed by atoms with Gasteiger partial charge in [-0.3, -0.25) is 4.79 Å². The predicted molar refractivity (Wildman–Crippen MR) is 74.2 cm³/mol. The quantitative estimate of drug-likeness (QED) is 0.839. The fraction of sp³-hybridized carbons (Fsp3) is 0.562. The van der Waals surface area contributed by atoms with Crippen molar-refractivity contribution in [1.82, 2.24) is 4.90 Å². The Labute approximate surface area is 114 Å². The van der Waals surface area contributed by atoms with Crippen LogP contribution in [-0.2, 0) is 12.8 Å². The number of rotatable bonds is 1. The second kappa shape index (κ2) is 5.33. The van der Waals surface area contributed by atoms with E-state index in [-0.39, 0.29) is 12.0 Å². The molecule has 2 aliphatic rings. The normalized spacial score (nSPS) is 23.0. The molecular formula is C16H21NO2. The molecule has 0 bridgehead atoms. The number of benzene rings is 1. The third-order valence-corrected chi connectivity index (χ3v) is 4.33. The van der Waals surface area contributed by atoms with E-state index in [0.717, 1.165) is 37.8 Å². The molecular weight excluding hydrogens is 238 g/mol. The maximum atomic E-state index is 12.5. The average Bonchev–Trinajstić information content (AvgIpc) is 2.78. The molecule has 1 atom stereocenters. The highest BCUT2D eigenvalue weighted by Gasteiger charge is 2.21. The minimum atomic E-state index is -0.238. The monoisotopic (exact) mass is 259 g/mol. The first-order chi connectivity index (χ1) is 9.24. The van der Waals surface area contributed by atoms with Crippen LogP contribution in [0, 0.1) is 0 Å². The van der Waals surface area contributed by atoms with E-state index in [1.54, 1.807) is 0 Å². The highest BCUT2D eigenvalue weighted by Crippen LogP contribution is 2.24. The fourth-order valence-electron chi connectivity index (χ4n) is 3.17. The summed E-state index contributed by atoms with van der Waals surface area (Å²) in [6.45, 7) is 1.45. The van der Waals surface area contributed by atoms with Gasteiger partial charge in [-0.05, 0) is 61.8 Å². The molecule has 1 aromatic carbocycles. The molecule has 1 aliphatic carbocycles. The molecule has 0 unspecified atom stereocenters. The zero-order chi connectivity index (χ0) is 13.2. The van der Waals surface area contributed by atoms with E-state index in [4.69, 9.17) is 0 Å². The second-order valence-electron chi connectivity index (χ2n) is 5.71. The average molecular weight is 259 g/mol. The van der Waals surface area contributed by atoms with Gasteiger partial charge in [0.05, 0.1) is 6.10 Å². The number of likely N-dealkylation sites (tertiary alicyclic amines) is 1. The third kappa shape index (κ3) is 2.66. The van der Waals surface area contributed by atoms with Gasteiger partial charge in [0.15, 0.2) is 0 Å². The topological polar surface area (TPSA) is 40.5 Å². The van der Waals surface area contributed by atoms with E-state index < -0.39 is 0 Å². The number of nitrogens with zero attached hydrogens (tertiary/aromatic N) is 1. The van der Waals surface area contributed by atoms with Crippen LogP contribution in [0.15, 0.2) is 18.2 Å². The van der Waals surface area contributed by atoms with Gasteiger partial charge in [0.1, 0.15) is 0 Å². The fourth-order valence-corrected chi connectivity index (χ4v) is 3.17. The van der Waals surface area contributed by atoms with Gasteiger partial charge in [-0.25, -0.2) is 0 Å². The van der Waals surface area contributed by atoms with Gasteiger partial charge in [0, 0.05) is 18.7 Å². The maximum absolute atomic E-state index is 12.5. The number of fused-ring (bicyclic) bond motifs is 1. The van der Waals surface area contributed by atoms with E-state index in [0.29, 0.717) is 13.0 Å². The first-order valence-electron chi connectivity index (χ1n) is 7.33. The minimum absolute atomic E-state index is 0.129. The van der Waals surface area contributed by atoms with Crippen LogP contribution >= 0.6 is 0 Å². The van der Waals surface area contributed by atoms with Gasteiger partial charge in [-0.1, -0.05) is 6.07 Å². The van der Waals surface area contributed by atoms with Crippen LogP contribution < -0.4 is 0 Å². The molecule has 0 radical (unpaired) electrons. The standard InChI is InChI=1S/C16H21NO2/c18-15-5-2-9-17(10-8-15)16(19)14-7-6-12-3-1-4-13(12)11-14/h6-7,11,15,18H,1-5,8-10H2/t15-/m1/s1. The summed E-state index contributed by atoms with van der Waals surface area (Å²) in [5, 5.41) is 9.65. The molecule has 3 rings (SSSR count). The highest BCUT2D eigenvalue weighted by atomic mass is 16.3. The Morgan fingerprint density at radius 2 is 1.95 bits per heavy atom. The van der Waals surface area contributed by atoms with Crippen LogP contribution in [0.5, 0.6) is 0 Å². The molecule has 3 heteroatoms. The zero-order valence-corrected chi connectivity index (χ0v) is 11.3. The summed E-state index contributed by atoms with van der Waals surface area (Å²) in [5.74, 6) is 0.129. The molecule has 1 heterocycles. The molecule has 1 aromatic rings. The first kappa shape index (κ1) is 12.7. The number of hydrogen-bond donors (Lipinski definition) is 1. The Bertz CT molecular complexity index is 484. The minimum Gasteiger partial charge on any atom is -0.393 e. The predicted octanol–water partition coefficient (Wildman–Crippen LogP) is 2.16. The van der Waals surface area contributed by atoms with Crippen molar-refractivity contribution in [2.75, 3.05) is 13.1 Å². The van der Waals surface area contributed by atoms with Crippen molar-refractivity contribution in [3.8, 4) is 0 Å². The summed E-state index contributed by atoms with van der Waals surface area (Å²) in [4.78, 5) is 14.4. The molecule has 1 aliphatic heterocycles. The molecule has 19 heavy (non-hydrogen) atoms. The molecule has 1 amide bonds. The summed E-state index contributed by atoms with van der Waals surface area (Å²) < 4.78 is 0. The maximum Gasteiger partial charge on any atom is 0.253 e. The zero-order valence-electron chi connectivity index (χ0n) is 11.3.